The summed E-state index contributed by atoms with van der Waals surface area (Å²) in [6, 6.07) is 8.11. The Bertz CT molecular complexity index is 502. The van der Waals surface area contributed by atoms with Gasteiger partial charge in [-0.2, -0.15) is 0 Å². The van der Waals surface area contributed by atoms with Gasteiger partial charge in [0.25, 0.3) is 5.91 Å². The maximum atomic E-state index is 12.6. The van der Waals surface area contributed by atoms with E-state index in [2.05, 4.69) is 26.1 Å². The number of aliphatic hydroxyl groups is 1. The van der Waals surface area contributed by atoms with E-state index in [0.29, 0.717) is 24.1 Å². The van der Waals surface area contributed by atoms with Gasteiger partial charge in [0, 0.05) is 30.4 Å². The third-order valence-electron chi connectivity index (χ3n) is 4.39. The van der Waals surface area contributed by atoms with E-state index in [0.717, 1.165) is 31.5 Å². The van der Waals surface area contributed by atoms with Crippen LogP contribution in [0.3, 0.4) is 0 Å². The Labute approximate surface area is 133 Å². The van der Waals surface area contributed by atoms with Crippen LogP contribution in [0.2, 0.25) is 0 Å². The van der Waals surface area contributed by atoms with Crippen molar-refractivity contribution in [1.29, 1.82) is 0 Å². The van der Waals surface area contributed by atoms with Crippen molar-refractivity contribution in [1.82, 2.24) is 4.90 Å². The molecule has 1 aliphatic rings. The minimum absolute atomic E-state index is 0.0139. The average molecular weight is 304 g/mol. The van der Waals surface area contributed by atoms with Gasteiger partial charge >= 0.3 is 0 Å². The highest BCUT2D eigenvalue weighted by Crippen LogP contribution is 2.19. The zero-order valence-corrected chi connectivity index (χ0v) is 13.9. The van der Waals surface area contributed by atoms with E-state index in [1.54, 1.807) is 4.90 Å². The van der Waals surface area contributed by atoms with Crippen LogP contribution in [0, 0.1) is 5.92 Å². The number of carbonyl (C=O) groups is 1. The summed E-state index contributed by atoms with van der Waals surface area (Å²) in [7, 11) is 0. The Hall–Kier alpha value is -1.55. The monoisotopic (exact) mass is 304 g/mol. The van der Waals surface area contributed by atoms with Gasteiger partial charge in [-0.25, -0.2) is 0 Å². The van der Waals surface area contributed by atoms with E-state index >= 15 is 0 Å². The Balaban J connectivity index is 2.08. The number of benzene rings is 1. The molecule has 4 nitrogen and oxygen atoms in total. The van der Waals surface area contributed by atoms with Crippen LogP contribution in [0.5, 0.6) is 0 Å². The number of aliphatic hydroxyl groups excluding tert-OH is 1. The summed E-state index contributed by atoms with van der Waals surface area (Å²) < 4.78 is 0. The molecule has 1 amide bonds. The Kier molecular flexibility index (Phi) is 5.83. The van der Waals surface area contributed by atoms with E-state index < -0.39 is 0 Å². The van der Waals surface area contributed by atoms with Gasteiger partial charge in [-0.15, -0.1) is 0 Å². The second kappa shape index (κ2) is 7.63. The molecule has 1 aromatic carbocycles. The number of piperidine rings is 1. The zero-order valence-electron chi connectivity index (χ0n) is 13.9. The number of β-amino-alcohol motifs (C(OH)–C–C–N with tert-alkyl or cyclic N) is 1. The third kappa shape index (κ3) is 4.23. The second-order valence-corrected chi connectivity index (χ2v) is 6.53. The van der Waals surface area contributed by atoms with Crippen molar-refractivity contribution in [3.8, 4) is 0 Å². The van der Waals surface area contributed by atoms with Crippen LogP contribution in [-0.4, -0.2) is 41.1 Å². The Morgan fingerprint density at radius 1 is 1.45 bits per heavy atom. The molecule has 2 atom stereocenters. The lowest BCUT2D eigenvalue weighted by atomic mass is 10.0. The van der Waals surface area contributed by atoms with E-state index in [1.807, 2.05) is 24.3 Å². The Morgan fingerprint density at radius 2 is 2.23 bits per heavy atom. The maximum Gasteiger partial charge on any atom is 0.254 e. The number of carbonyl (C=O) groups excluding carboxylic acids is 1. The van der Waals surface area contributed by atoms with Crippen molar-refractivity contribution in [2.24, 2.45) is 5.92 Å². The van der Waals surface area contributed by atoms with Crippen molar-refractivity contribution < 1.29 is 9.90 Å². The Morgan fingerprint density at radius 3 is 2.86 bits per heavy atom. The van der Waals surface area contributed by atoms with Crippen molar-refractivity contribution in [2.45, 2.75) is 52.2 Å². The summed E-state index contributed by atoms with van der Waals surface area (Å²) >= 11 is 0. The smallest absolute Gasteiger partial charge is 0.254 e. The fourth-order valence-electron chi connectivity index (χ4n) is 3.02. The molecule has 1 aromatic rings. The molecule has 0 aliphatic carbocycles. The van der Waals surface area contributed by atoms with Gasteiger partial charge in [0.05, 0.1) is 6.10 Å². The van der Waals surface area contributed by atoms with Crippen molar-refractivity contribution in [3.63, 3.8) is 0 Å². The van der Waals surface area contributed by atoms with Gasteiger partial charge in [-0.05, 0) is 43.4 Å². The number of nitrogens with one attached hydrogen (secondary N) is 1. The predicted molar refractivity (Wildman–Crippen MR) is 90.1 cm³/mol. The SMILES string of the molecule is CCC(Nc1cccc(C(=O)N2CCCC(O)C2)c1)C(C)C. The molecular formula is C18H28N2O2. The molecule has 1 fully saturated rings. The lowest BCUT2D eigenvalue weighted by Gasteiger charge is -2.30. The molecule has 1 aliphatic heterocycles. The molecule has 2 unspecified atom stereocenters. The number of hydrogen-bond acceptors (Lipinski definition) is 3. The third-order valence-corrected chi connectivity index (χ3v) is 4.39. The molecule has 0 bridgehead atoms. The summed E-state index contributed by atoms with van der Waals surface area (Å²) in [6.45, 7) is 7.75. The molecule has 22 heavy (non-hydrogen) atoms. The second-order valence-electron chi connectivity index (χ2n) is 6.53. The van der Waals surface area contributed by atoms with Crippen LogP contribution in [-0.2, 0) is 0 Å². The van der Waals surface area contributed by atoms with Gasteiger partial charge in [0.15, 0.2) is 0 Å². The van der Waals surface area contributed by atoms with Crippen molar-refractivity contribution >= 4 is 11.6 Å². The molecule has 0 saturated carbocycles. The molecule has 4 heteroatoms. The number of likely N-dealkylation sites (tertiary alicyclic amines) is 1. The van der Waals surface area contributed by atoms with Crippen molar-refractivity contribution in [3.05, 3.63) is 29.8 Å². The van der Waals surface area contributed by atoms with E-state index in [9.17, 15) is 9.90 Å². The van der Waals surface area contributed by atoms with Gasteiger partial charge in [-0.1, -0.05) is 26.8 Å². The number of hydrogen-bond donors (Lipinski definition) is 2. The highest BCUT2D eigenvalue weighted by atomic mass is 16.3. The van der Waals surface area contributed by atoms with Crippen molar-refractivity contribution in [2.75, 3.05) is 18.4 Å². The highest BCUT2D eigenvalue weighted by Gasteiger charge is 2.23. The molecular weight excluding hydrogens is 276 g/mol. The predicted octanol–water partition coefficient (Wildman–Crippen LogP) is 3.13. The molecule has 0 radical (unpaired) electrons. The average Bonchev–Trinajstić information content (AvgIpc) is 2.52. The summed E-state index contributed by atoms with van der Waals surface area (Å²) in [5, 5.41) is 13.3. The van der Waals surface area contributed by atoms with Crippen LogP contribution >= 0.6 is 0 Å². The van der Waals surface area contributed by atoms with Gasteiger partial charge < -0.3 is 15.3 Å². The summed E-state index contributed by atoms with van der Waals surface area (Å²) in [6.07, 6.45) is 2.33. The lowest BCUT2D eigenvalue weighted by Crippen LogP contribution is -2.42. The maximum absolute atomic E-state index is 12.6. The first kappa shape index (κ1) is 16.8. The lowest BCUT2D eigenvalue weighted by molar-refractivity contribution is 0.0474. The fourth-order valence-corrected chi connectivity index (χ4v) is 3.02. The van der Waals surface area contributed by atoms with Gasteiger partial charge in [-0.3, -0.25) is 4.79 Å². The van der Waals surface area contributed by atoms with Crippen LogP contribution < -0.4 is 5.32 Å². The van der Waals surface area contributed by atoms with Crippen LogP contribution in [0.1, 0.15) is 50.4 Å². The fraction of sp³-hybridized carbons (Fsp3) is 0.611. The molecule has 0 spiro atoms. The van der Waals surface area contributed by atoms with Gasteiger partial charge in [0.1, 0.15) is 0 Å². The minimum atomic E-state index is -0.385. The standard InChI is InChI=1S/C18H28N2O2/c1-4-17(13(2)3)19-15-8-5-7-14(11-15)18(22)20-10-6-9-16(21)12-20/h5,7-8,11,13,16-17,19,21H,4,6,9-10,12H2,1-3H3. The largest absolute Gasteiger partial charge is 0.391 e. The quantitative estimate of drug-likeness (QED) is 0.878. The first-order valence-electron chi connectivity index (χ1n) is 8.35. The summed E-state index contributed by atoms with van der Waals surface area (Å²) in [5.41, 5.74) is 1.68. The topological polar surface area (TPSA) is 52.6 Å². The van der Waals surface area contributed by atoms with E-state index in [-0.39, 0.29) is 12.0 Å². The molecule has 0 aromatic heterocycles. The summed E-state index contributed by atoms with van der Waals surface area (Å²) in [4.78, 5) is 14.3. The van der Waals surface area contributed by atoms with Crippen LogP contribution in [0.15, 0.2) is 24.3 Å². The summed E-state index contributed by atoms with van der Waals surface area (Å²) in [5.74, 6) is 0.557. The first-order valence-corrected chi connectivity index (χ1v) is 8.35. The molecule has 2 rings (SSSR count). The van der Waals surface area contributed by atoms with Gasteiger partial charge in [0.2, 0.25) is 0 Å². The molecule has 122 valence electrons. The molecule has 2 N–H and O–H groups in total. The number of nitrogens with zero attached hydrogens (tertiary/aromatic N) is 1. The zero-order chi connectivity index (χ0) is 16.1. The minimum Gasteiger partial charge on any atom is -0.391 e. The number of rotatable bonds is 5. The molecule has 1 saturated heterocycles. The normalized spacial score (nSPS) is 20.0. The number of anilines is 1. The van der Waals surface area contributed by atoms with E-state index in [4.69, 9.17) is 0 Å². The van der Waals surface area contributed by atoms with E-state index in [1.165, 1.54) is 0 Å². The van der Waals surface area contributed by atoms with Crippen LogP contribution in [0.25, 0.3) is 0 Å². The highest BCUT2D eigenvalue weighted by molar-refractivity contribution is 5.95. The molecule has 1 heterocycles. The number of amides is 1. The first-order chi connectivity index (χ1) is 10.5. The van der Waals surface area contributed by atoms with Crippen LogP contribution in [0.4, 0.5) is 5.69 Å².